The van der Waals surface area contributed by atoms with E-state index in [1.54, 1.807) is 42.7 Å². The SMILES string of the molecule is COCCn1c(SCC(=O)Nc2cccc(OC)c2)nc2c(c1=O)SCC2. The number of aryl methyl sites for hydroxylation is 1. The quantitative estimate of drug-likeness (QED) is 0.531. The largest absolute Gasteiger partial charge is 0.497 e. The minimum Gasteiger partial charge on any atom is -0.497 e. The maximum atomic E-state index is 12.7. The first-order valence-electron chi connectivity index (χ1n) is 8.44. The van der Waals surface area contributed by atoms with Crippen LogP contribution in [0.15, 0.2) is 39.1 Å². The summed E-state index contributed by atoms with van der Waals surface area (Å²) < 4.78 is 11.9. The summed E-state index contributed by atoms with van der Waals surface area (Å²) in [5, 5.41) is 3.39. The predicted molar refractivity (Wildman–Crippen MR) is 107 cm³/mol. The number of carbonyl (C=O) groups excluding carboxylic acids is 1. The molecule has 0 aliphatic carbocycles. The van der Waals surface area contributed by atoms with Gasteiger partial charge in [0.15, 0.2) is 5.16 Å². The minimum atomic E-state index is -0.171. The Bertz CT molecular complexity index is 885. The van der Waals surface area contributed by atoms with Crippen molar-refractivity contribution in [3.63, 3.8) is 0 Å². The molecule has 7 nitrogen and oxygen atoms in total. The number of hydrogen-bond acceptors (Lipinski definition) is 7. The highest BCUT2D eigenvalue weighted by molar-refractivity contribution is 8.00. The molecular formula is C18H21N3O4S2. The summed E-state index contributed by atoms with van der Waals surface area (Å²) in [4.78, 5) is 30.4. The predicted octanol–water partition coefficient (Wildman–Crippen LogP) is 2.28. The van der Waals surface area contributed by atoms with Crippen LogP contribution in [0.1, 0.15) is 5.69 Å². The lowest BCUT2D eigenvalue weighted by atomic mass is 10.3. The number of aromatic nitrogens is 2. The molecule has 0 bridgehead atoms. The molecule has 0 unspecified atom stereocenters. The number of ether oxygens (including phenoxy) is 2. The van der Waals surface area contributed by atoms with E-state index in [1.807, 2.05) is 12.1 Å². The van der Waals surface area contributed by atoms with Gasteiger partial charge in [-0.05, 0) is 12.1 Å². The summed E-state index contributed by atoms with van der Waals surface area (Å²) in [6, 6.07) is 7.17. The average Bonchev–Trinajstić information content (AvgIpc) is 3.15. The zero-order valence-corrected chi connectivity index (χ0v) is 16.8. The van der Waals surface area contributed by atoms with Crippen LogP contribution in [0.5, 0.6) is 5.75 Å². The molecule has 1 aliphatic heterocycles. The van der Waals surface area contributed by atoms with Gasteiger partial charge in [-0.1, -0.05) is 17.8 Å². The standard InChI is InChI=1S/C18H21N3O4S2/c1-24-8-7-21-17(23)16-14(6-9-26-16)20-18(21)27-11-15(22)19-12-4-3-5-13(10-12)25-2/h3-5,10H,6-9,11H2,1-2H3,(H,19,22). The van der Waals surface area contributed by atoms with Crippen molar-refractivity contribution in [3.8, 4) is 5.75 Å². The lowest BCUT2D eigenvalue weighted by molar-refractivity contribution is -0.113. The van der Waals surface area contributed by atoms with Crippen LogP contribution >= 0.6 is 23.5 Å². The Morgan fingerprint density at radius 2 is 2.26 bits per heavy atom. The first-order valence-corrected chi connectivity index (χ1v) is 10.4. The Hall–Kier alpha value is -1.97. The molecule has 0 saturated heterocycles. The maximum absolute atomic E-state index is 12.7. The molecule has 2 heterocycles. The van der Waals surface area contributed by atoms with Crippen molar-refractivity contribution < 1.29 is 14.3 Å². The molecule has 1 amide bonds. The Balaban J connectivity index is 1.72. The fourth-order valence-electron chi connectivity index (χ4n) is 2.64. The number of amides is 1. The lowest BCUT2D eigenvalue weighted by Crippen LogP contribution is -2.27. The summed E-state index contributed by atoms with van der Waals surface area (Å²) >= 11 is 2.80. The van der Waals surface area contributed by atoms with Crippen LogP contribution in [-0.4, -0.2) is 47.8 Å². The van der Waals surface area contributed by atoms with Gasteiger partial charge in [-0.3, -0.25) is 14.2 Å². The number of fused-ring (bicyclic) bond motifs is 1. The third kappa shape index (κ3) is 4.85. The van der Waals surface area contributed by atoms with Gasteiger partial charge >= 0.3 is 0 Å². The van der Waals surface area contributed by atoms with Gasteiger partial charge in [-0.25, -0.2) is 4.98 Å². The van der Waals surface area contributed by atoms with E-state index in [9.17, 15) is 9.59 Å². The second-order valence-corrected chi connectivity index (χ2v) is 7.83. The highest BCUT2D eigenvalue weighted by Gasteiger charge is 2.22. The molecule has 3 rings (SSSR count). The van der Waals surface area contributed by atoms with Gasteiger partial charge in [0.1, 0.15) is 5.75 Å². The van der Waals surface area contributed by atoms with Crippen LogP contribution in [0.2, 0.25) is 0 Å². The molecule has 0 spiro atoms. The zero-order chi connectivity index (χ0) is 19.2. The van der Waals surface area contributed by atoms with Crippen LogP contribution in [0.25, 0.3) is 0 Å². The molecule has 0 radical (unpaired) electrons. The van der Waals surface area contributed by atoms with E-state index in [4.69, 9.17) is 9.47 Å². The molecule has 1 aromatic carbocycles. The lowest BCUT2D eigenvalue weighted by Gasteiger charge is -2.13. The zero-order valence-electron chi connectivity index (χ0n) is 15.2. The van der Waals surface area contributed by atoms with Crippen molar-refractivity contribution in [2.45, 2.75) is 23.0 Å². The fourth-order valence-corrected chi connectivity index (χ4v) is 4.53. The number of nitrogens with zero attached hydrogens (tertiary/aromatic N) is 2. The Labute approximate surface area is 165 Å². The van der Waals surface area contributed by atoms with Crippen molar-refractivity contribution in [1.29, 1.82) is 0 Å². The molecular weight excluding hydrogens is 386 g/mol. The number of carbonyl (C=O) groups is 1. The topological polar surface area (TPSA) is 82.4 Å². The van der Waals surface area contributed by atoms with Crippen LogP contribution in [-0.2, 0) is 22.5 Å². The van der Waals surface area contributed by atoms with E-state index in [-0.39, 0.29) is 17.2 Å². The van der Waals surface area contributed by atoms with Gasteiger partial charge in [0, 0.05) is 31.0 Å². The first-order chi connectivity index (χ1) is 13.1. The van der Waals surface area contributed by atoms with E-state index >= 15 is 0 Å². The Morgan fingerprint density at radius 3 is 3.04 bits per heavy atom. The van der Waals surface area contributed by atoms with Crippen LogP contribution in [0, 0.1) is 0 Å². The Morgan fingerprint density at radius 1 is 1.41 bits per heavy atom. The smallest absolute Gasteiger partial charge is 0.268 e. The number of methoxy groups -OCH3 is 2. The number of thioether (sulfide) groups is 2. The third-order valence-electron chi connectivity index (χ3n) is 3.95. The van der Waals surface area contributed by atoms with Crippen molar-refractivity contribution in [2.24, 2.45) is 0 Å². The second-order valence-electron chi connectivity index (χ2n) is 5.79. The second kappa shape index (κ2) is 9.29. The number of benzene rings is 1. The highest BCUT2D eigenvalue weighted by Crippen LogP contribution is 2.28. The molecule has 0 saturated carbocycles. The van der Waals surface area contributed by atoms with Gasteiger partial charge in [0.05, 0.1) is 36.6 Å². The molecule has 1 N–H and O–H groups in total. The molecule has 1 aromatic heterocycles. The van der Waals surface area contributed by atoms with Gasteiger partial charge in [0.2, 0.25) is 5.91 Å². The molecule has 0 atom stereocenters. The van der Waals surface area contributed by atoms with Crippen molar-refractivity contribution in [2.75, 3.05) is 37.6 Å². The number of anilines is 1. The van der Waals surface area contributed by atoms with E-state index in [0.29, 0.717) is 29.7 Å². The van der Waals surface area contributed by atoms with Gasteiger partial charge in [-0.15, -0.1) is 11.8 Å². The van der Waals surface area contributed by atoms with Crippen LogP contribution < -0.4 is 15.6 Å². The summed E-state index contributed by atoms with van der Waals surface area (Å²) in [7, 11) is 3.17. The monoisotopic (exact) mass is 407 g/mol. The number of nitrogens with one attached hydrogen (secondary N) is 1. The van der Waals surface area contributed by atoms with E-state index in [2.05, 4.69) is 10.3 Å². The fraction of sp³-hybridized carbons (Fsp3) is 0.389. The highest BCUT2D eigenvalue weighted by atomic mass is 32.2. The summed E-state index contributed by atoms with van der Waals surface area (Å²) in [5.41, 5.74) is 1.44. The third-order valence-corrected chi connectivity index (χ3v) is 6.04. The maximum Gasteiger partial charge on any atom is 0.268 e. The van der Waals surface area contributed by atoms with Crippen molar-refractivity contribution >= 4 is 35.1 Å². The average molecular weight is 408 g/mol. The summed E-state index contributed by atoms with van der Waals surface area (Å²) in [6.45, 7) is 0.824. The summed E-state index contributed by atoms with van der Waals surface area (Å²) in [5.74, 6) is 1.52. The Kier molecular flexibility index (Phi) is 6.81. The number of hydrogen-bond donors (Lipinski definition) is 1. The minimum absolute atomic E-state index is 0.0461. The van der Waals surface area contributed by atoms with Gasteiger partial charge < -0.3 is 14.8 Å². The molecule has 2 aromatic rings. The number of rotatable bonds is 8. The van der Waals surface area contributed by atoms with E-state index in [1.165, 1.54) is 11.8 Å². The van der Waals surface area contributed by atoms with E-state index < -0.39 is 0 Å². The molecule has 144 valence electrons. The van der Waals surface area contributed by atoms with Crippen LogP contribution in [0.4, 0.5) is 5.69 Å². The van der Waals surface area contributed by atoms with Crippen LogP contribution in [0.3, 0.4) is 0 Å². The first kappa shape index (κ1) is 19.8. The van der Waals surface area contributed by atoms with E-state index in [0.717, 1.165) is 22.8 Å². The van der Waals surface area contributed by atoms with Crippen molar-refractivity contribution in [3.05, 3.63) is 40.3 Å². The molecule has 9 heteroatoms. The normalized spacial score (nSPS) is 12.7. The molecule has 0 fully saturated rings. The molecule has 27 heavy (non-hydrogen) atoms. The molecule has 1 aliphatic rings. The van der Waals surface area contributed by atoms with Crippen molar-refractivity contribution in [1.82, 2.24) is 9.55 Å². The van der Waals surface area contributed by atoms with Gasteiger partial charge in [-0.2, -0.15) is 0 Å². The van der Waals surface area contributed by atoms with Gasteiger partial charge in [0.25, 0.3) is 5.56 Å². The summed E-state index contributed by atoms with van der Waals surface area (Å²) in [6.07, 6.45) is 0.782.